The highest BCUT2D eigenvalue weighted by atomic mass is 14.9. The van der Waals surface area contributed by atoms with E-state index in [9.17, 15) is 0 Å². The van der Waals surface area contributed by atoms with Crippen LogP contribution in [0, 0.1) is 29.1 Å². The Kier molecular flexibility index (Phi) is 4.98. The molecular formula is C18H35N. The summed E-state index contributed by atoms with van der Waals surface area (Å²) in [5, 5.41) is 3.69. The summed E-state index contributed by atoms with van der Waals surface area (Å²) in [6, 6.07) is 0.797. The van der Waals surface area contributed by atoms with Crippen LogP contribution in [0.5, 0.6) is 0 Å². The summed E-state index contributed by atoms with van der Waals surface area (Å²) in [6.07, 6.45) is 8.49. The molecular weight excluding hydrogens is 230 g/mol. The molecule has 6 unspecified atom stereocenters. The maximum Gasteiger partial charge on any atom is 0.00957 e. The third-order valence-corrected chi connectivity index (χ3v) is 6.77. The standard InChI is InChI=1S/C18H35N/c1-6-17-16(10-11-19-17)13(3)8-9-14(4)18(7-2)12-15(18)5/h13-17,19H,6-12H2,1-5H3. The Labute approximate surface area is 120 Å². The molecule has 19 heavy (non-hydrogen) atoms. The Morgan fingerprint density at radius 1 is 1.21 bits per heavy atom. The second kappa shape index (κ2) is 6.16. The first-order chi connectivity index (χ1) is 9.05. The fraction of sp³-hybridized carbons (Fsp3) is 1.00. The second-order valence-corrected chi connectivity index (χ2v) is 7.57. The van der Waals surface area contributed by atoms with Crippen molar-refractivity contribution in [3.05, 3.63) is 0 Å². The highest BCUT2D eigenvalue weighted by Crippen LogP contribution is 2.61. The monoisotopic (exact) mass is 265 g/mol. The van der Waals surface area contributed by atoms with Crippen molar-refractivity contribution >= 4 is 0 Å². The zero-order valence-electron chi connectivity index (χ0n) is 13.8. The van der Waals surface area contributed by atoms with Crippen molar-refractivity contribution in [2.24, 2.45) is 29.1 Å². The van der Waals surface area contributed by atoms with Crippen LogP contribution in [0.25, 0.3) is 0 Å². The van der Waals surface area contributed by atoms with Crippen LogP contribution in [0.2, 0.25) is 0 Å². The molecule has 1 saturated carbocycles. The van der Waals surface area contributed by atoms with Gasteiger partial charge in [-0.2, -0.15) is 0 Å². The van der Waals surface area contributed by atoms with Crippen molar-refractivity contribution in [2.45, 2.75) is 79.2 Å². The van der Waals surface area contributed by atoms with Crippen LogP contribution in [0.4, 0.5) is 0 Å². The number of hydrogen-bond acceptors (Lipinski definition) is 1. The summed E-state index contributed by atoms with van der Waals surface area (Å²) in [7, 11) is 0. The number of hydrogen-bond donors (Lipinski definition) is 1. The minimum absolute atomic E-state index is 0.720. The summed E-state index contributed by atoms with van der Waals surface area (Å²) < 4.78 is 0. The van der Waals surface area contributed by atoms with Gasteiger partial charge >= 0.3 is 0 Å². The summed E-state index contributed by atoms with van der Waals surface area (Å²) in [6.45, 7) is 13.5. The van der Waals surface area contributed by atoms with Crippen LogP contribution in [-0.4, -0.2) is 12.6 Å². The van der Waals surface area contributed by atoms with Gasteiger partial charge in [-0.1, -0.05) is 41.0 Å². The van der Waals surface area contributed by atoms with Crippen molar-refractivity contribution < 1.29 is 0 Å². The Bertz CT molecular complexity index is 283. The second-order valence-electron chi connectivity index (χ2n) is 7.57. The van der Waals surface area contributed by atoms with Crippen LogP contribution in [0.15, 0.2) is 0 Å². The van der Waals surface area contributed by atoms with Crippen molar-refractivity contribution in [1.29, 1.82) is 0 Å². The smallest absolute Gasteiger partial charge is 0.00957 e. The normalized spacial score (nSPS) is 41.2. The maximum absolute atomic E-state index is 3.69. The van der Waals surface area contributed by atoms with Crippen molar-refractivity contribution in [3.63, 3.8) is 0 Å². The molecule has 2 fully saturated rings. The van der Waals surface area contributed by atoms with Gasteiger partial charge in [0.1, 0.15) is 0 Å². The van der Waals surface area contributed by atoms with Crippen LogP contribution >= 0.6 is 0 Å². The Morgan fingerprint density at radius 2 is 1.89 bits per heavy atom. The predicted molar refractivity (Wildman–Crippen MR) is 84.3 cm³/mol. The molecule has 1 N–H and O–H groups in total. The van der Waals surface area contributed by atoms with Crippen LogP contribution in [0.1, 0.15) is 73.1 Å². The lowest BCUT2D eigenvalue weighted by molar-refractivity contribution is 0.230. The first-order valence-corrected chi connectivity index (χ1v) is 8.78. The summed E-state index contributed by atoms with van der Waals surface area (Å²) >= 11 is 0. The van der Waals surface area contributed by atoms with Crippen LogP contribution < -0.4 is 5.32 Å². The van der Waals surface area contributed by atoms with Gasteiger partial charge in [0.15, 0.2) is 0 Å². The minimum Gasteiger partial charge on any atom is -0.314 e. The Morgan fingerprint density at radius 3 is 2.42 bits per heavy atom. The zero-order valence-corrected chi connectivity index (χ0v) is 13.8. The molecule has 0 aromatic rings. The molecule has 1 heterocycles. The molecule has 0 aromatic heterocycles. The number of nitrogens with one attached hydrogen (secondary N) is 1. The van der Waals surface area contributed by atoms with Crippen molar-refractivity contribution in [3.8, 4) is 0 Å². The van der Waals surface area contributed by atoms with Crippen molar-refractivity contribution in [2.75, 3.05) is 6.54 Å². The van der Waals surface area contributed by atoms with E-state index in [1.807, 2.05) is 0 Å². The minimum atomic E-state index is 0.720. The Hall–Kier alpha value is -0.0400. The maximum atomic E-state index is 3.69. The quantitative estimate of drug-likeness (QED) is 0.693. The van der Waals surface area contributed by atoms with Crippen LogP contribution in [0.3, 0.4) is 0 Å². The molecule has 0 aromatic carbocycles. The van der Waals surface area contributed by atoms with Gasteiger partial charge in [-0.25, -0.2) is 0 Å². The molecule has 0 amide bonds. The molecule has 1 saturated heterocycles. The van der Waals surface area contributed by atoms with E-state index < -0.39 is 0 Å². The third kappa shape index (κ3) is 3.01. The van der Waals surface area contributed by atoms with Gasteiger partial charge in [0, 0.05) is 6.04 Å². The van der Waals surface area contributed by atoms with Crippen LogP contribution in [-0.2, 0) is 0 Å². The molecule has 2 aliphatic rings. The lowest BCUT2D eigenvalue weighted by Crippen LogP contribution is -2.29. The fourth-order valence-electron chi connectivity index (χ4n) is 4.97. The van der Waals surface area contributed by atoms with Gasteiger partial charge in [0.2, 0.25) is 0 Å². The Balaban J connectivity index is 1.79. The highest BCUT2D eigenvalue weighted by molar-refractivity contribution is 5.02. The molecule has 1 nitrogen and oxygen atoms in total. The molecule has 2 rings (SSSR count). The first-order valence-electron chi connectivity index (χ1n) is 8.78. The predicted octanol–water partition coefficient (Wildman–Crippen LogP) is 4.86. The summed E-state index contributed by atoms with van der Waals surface area (Å²) in [5.41, 5.74) is 0.720. The molecule has 0 bridgehead atoms. The molecule has 6 atom stereocenters. The van der Waals surface area contributed by atoms with Gasteiger partial charge in [-0.3, -0.25) is 0 Å². The van der Waals surface area contributed by atoms with Gasteiger partial charge in [-0.05, 0) is 67.7 Å². The fourth-order valence-corrected chi connectivity index (χ4v) is 4.97. The average molecular weight is 265 g/mol. The molecule has 1 aliphatic carbocycles. The largest absolute Gasteiger partial charge is 0.314 e. The van der Waals surface area contributed by atoms with Gasteiger partial charge < -0.3 is 5.32 Å². The van der Waals surface area contributed by atoms with E-state index in [1.54, 1.807) is 0 Å². The lowest BCUT2D eigenvalue weighted by atomic mass is 9.78. The van der Waals surface area contributed by atoms with Gasteiger partial charge in [-0.15, -0.1) is 0 Å². The highest BCUT2D eigenvalue weighted by Gasteiger charge is 2.52. The SMILES string of the molecule is CCC1NCCC1C(C)CCC(C)C1(CC)CC1C. The molecule has 112 valence electrons. The van der Waals surface area contributed by atoms with E-state index in [-0.39, 0.29) is 0 Å². The molecule has 0 spiro atoms. The van der Waals surface area contributed by atoms with E-state index in [0.717, 1.165) is 35.1 Å². The molecule has 1 aliphatic heterocycles. The molecule has 0 radical (unpaired) electrons. The van der Waals surface area contributed by atoms with Gasteiger partial charge in [0.05, 0.1) is 0 Å². The van der Waals surface area contributed by atoms with Gasteiger partial charge in [0.25, 0.3) is 0 Å². The zero-order chi connectivity index (χ0) is 14.0. The lowest BCUT2D eigenvalue weighted by Gasteiger charge is -2.28. The topological polar surface area (TPSA) is 12.0 Å². The first kappa shape index (κ1) is 15.4. The summed E-state index contributed by atoms with van der Waals surface area (Å²) in [5.74, 6) is 3.76. The van der Waals surface area contributed by atoms with E-state index in [0.29, 0.717) is 0 Å². The van der Waals surface area contributed by atoms with E-state index in [2.05, 4.69) is 39.9 Å². The van der Waals surface area contributed by atoms with E-state index >= 15 is 0 Å². The van der Waals surface area contributed by atoms with E-state index in [1.165, 1.54) is 45.1 Å². The summed E-state index contributed by atoms with van der Waals surface area (Å²) in [4.78, 5) is 0. The third-order valence-electron chi connectivity index (χ3n) is 6.77. The van der Waals surface area contributed by atoms with E-state index in [4.69, 9.17) is 0 Å². The number of rotatable bonds is 7. The average Bonchev–Trinajstić information content (AvgIpc) is 2.88. The molecule has 1 heteroatoms. The van der Waals surface area contributed by atoms with Crippen molar-refractivity contribution in [1.82, 2.24) is 5.32 Å².